The summed E-state index contributed by atoms with van der Waals surface area (Å²) >= 11 is 11.9. The molecular formula is C16H9Cl2N3O2. The van der Waals surface area contributed by atoms with Crippen molar-refractivity contribution in [2.75, 3.05) is 0 Å². The fourth-order valence-electron chi connectivity index (χ4n) is 2.67. The standard InChI is InChI=1S/C16H9Cl2N3O2/c17-10-5-12-13(6-11(10)18)20-14(19-12)7-21-15(22)8-3-1-2-4-9(8)16(21)23/h1-6H,7H2,(H,19,20). The van der Waals surface area contributed by atoms with E-state index in [4.69, 9.17) is 23.2 Å². The molecule has 0 radical (unpaired) electrons. The van der Waals surface area contributed by atoms with Crippen LogP contribution in [0.2, 0.25) is 10.0 Å². The summed E-state index contributed by atoms with van der Waals surface area (Å²) in [6, 6.07) is 10.1. The molecule has 3 aromatic rings. The highest BCUT2D eigenvalue weighted by atomic mass is 35.5. The van der Waals surface area contributed by atoms with Crippen LogP contribution in [0.3, 0.4) is 0 Å². The van der Waals surface area contributed by atoms with E-state index >= 15 is 0 Å². The number of aromatic amines is 1. The number of amides is 2. The number of imide groups is 1. The van der Waals surface area contributed by atoms with Crippen LogP contribution in [0.25, 0.3) is 11.0 Å². The molecular weight excluding hydrogens is 337 g/mol. The zero-order valence-electron chi connectivity index (χ0n) is 11.6. The fourth-order valence-corrected chi connectivity index (χ4v) is 2.99. The van der Waals surface area contributed by atoms with Crippen molar-refractivity contribution in [3.05, 3.63) is 63.4 Å². The second kappa shape index (κ2) is 5.08. The number of carbonyl (C=O) groups is 2. The summed E-state index contributed by atoms with van der Waals surface area (Å²) in [5.74, 6) is -0.142. The Hall–Kier alpha value is -2.37. The Balaban J connectivity index is 1.69. The average Bonchev–Trinajstić information content (AvgIpc) is 3.02. The summed E-state index contributed by atoms with van der Waals surface area (Å²) in [4.78, 5) is 33.3. The van der Waals surface area contributed by atoms with Crippen LogP contribution in [-0.4, -0.2) is 26.7 Å². The quantitative estimate of drug-likeness (QED) is 0.720. The van der Waals surface area contributed by atoms with Gasteiger partial charge in [0.1, 0.15) is 5.82 Å². The molecule has 0 fully saturated rings. The summed E-state index contributed by atoms with van der Waals surface area (Å²) in [7, 11) is 0. The zero-order chi connectivity index (χ0) is 16.1. The second-order valence-electron chi connectivity index (χ2n) is 5.21. The van der Waals surface area contributed by atoms with Crippen molar-refractivity contribution in [1.82, 2.24) is 14.9 Å². The molecule has 1 N–H and O–H groups in total. The fraction of sp³-hybridized carbons (Fsp3) is 0.0625. The van der Waals surface area contributed by atoms with Crippen molar-refractivity contribution < 1.29 is 9.59 Å². The Kier molecular flexibility index (Phi) is 3.14. The Morgan fingerprint density at radius 3 is 2.26 bits per heavy atom. The van der Waals surface area contributed by atoms with Gasteiger partial charge in [-0.3, -0.25) is 14.5 Å². The lowest BCUT2D eigenvalue weighted by Gasteiger charge is -2.11. The van der Waals surface area contributed by atoms with Crippen molar-refractivity contribution in [3.63, 3.8) is 0 Å². The van der Waals surface area contributed by atoms with E-state index in [2.05, 4.69) is 9.97 Å². The van der Waals surface area contributed by atoms with Crippen LogP contribution in [0.15, 0.2) is 36.4 Å². The first-order chi connectivity index (χ1) is 11.0. The van der Waals surface area contributed by atoms with Crippen LogP contribution < -0.4 is 0 Å². The summed E-state index contributed by atoms with van der Waals surface area (Å²) in [6.45, 7) is 0.0657. The number of hydrogen-bond acceptors (Lipinski definition) is 3. The molecule has 0 bridgehead atoms. The highest BCUT2D eigenvalue weighted by molar-refractivity contribution is 6.42. The molecule has 2 amide bonds. The van der Waals surface area contributed by atoms with Gasteiger partial charge in [0.05, 0.1) is 38.8 Å². The van der Waals surface area contributed by atoms with Crippen LogP contribution in [0.4, 0.5) is 0 Å². The molecule has 23 heavy (non-hydrogen) atoms. The first-order valence-electron chi connectivity index (χ1n) is 6.83. The molecule has 114 valence electrons. The van der Waals surface area contributed by atoms with Gasteiger partial charge in [0.15, 0.2) is 0 Å². The van der Waals surface area contributed by atoms with Crippen molar-refractivity contribution in [2.45, 2.75) is 6.54 Å². The topological polar surface area (TPSA) is 66.1 Å². The van der Waals surface area contributed by atoms with E-state index < -0.39 is 0 Å². The van der Waals surface area contributed by atoms with Gasteiger partial charge in [-0.05, 0) is 24.3 Å². The van der Waals surface area contributed by atoms with Crippen molar-refractivity contribution in [2.24, 2.45) is 0 Å². The minimum Gasteiger partial charge on any atom is -0.340 e. The molecule has 1 aliphatic rings. The third-order valence-electron chi connectivity index (χ3n) is 3.76. The Bertz CT molecular complexity index is 907. The van der Waals surface area contributed by atoms with Gasteiger partial charge in [0, 0.05) is 0 Å². The van der Waals surface area contributed by atoms with Crippen LogP contribution in [0.1, 0.15) is 26.5 Å². The molecule has 2 aromatic carbocycles. The van der Waals surface area contributed by atoms with Gasteiger partial charge in [-0.2, -0.15) is 0 Å². The minimum atomic E-state index is -0.317. The molecule has 0 unspecified atom stereocenters. The van der Waals surface area contributed by atoms with Gasteiger partial charge in [0.25, 0.3) is 11.8 Å². The molecule has 4 rings (SSSR count). The number of nitrogens with zero attached hydrogens (tertiary/aromatic N) is 2. The van der Waals surface area contributed by atoms with Gasteiger partial charge in [0.2, 0.25) is 0 Å². The summed E-state index contributed by atoms with van der Waals surface area (Å²) < 4.78 is 0. The van der Waals surface area contributed by atoms with E-state index in [1.165, 1.54) is 4.90 Å². The normalized spacial score (nSPS) is 13.9. The first kappa shape index (κ1) is 14.2. The molecule has 7 heteroatoms. The monoisotopic (exact) mass is 345 g/mol. The van der Waals surface area contributed by atoms with Gasteiger partial charge >= 0.3 is 0 Å². The zero-order valence-corrected chi connectivity index (χ0v) is 13.1. The number of halogens is 2. The number of benzene rings is 2. The molecule has 0 aliphatic carbocycles. The van der Waals surface area contributed by atoms with Crippen molar-refractivity contribution >= 4 is 46.0 Å². The third-order valence-corrected chi connectivity index (χ3v) is 4.48. The lowest BCUT2D eigenvalue weighted by Crippen LogP contribution is -2.29. The Labute approximate surface area is 140 Å². The van der Waals surface area contributed by atoms with Gasteiger partial charge < -0.3 is 4.98 Å². The van der Waals surface area contributed by atoms with E-state index in [1.54, 1.807) is 36.4 Å². The molecule has 1 aliphatic heterocycles. The Morgan fingerprint density at radius 1 is 1.00 bits per heavy atom. The van der Waals surface area contributed by atoms with Crippen LogP contribution in [0.5, 0.6) is 0 Å². The van der Waals surface area contributed by atoms with Crippen LogP contribution in [-0.2, 0) is 6.54 Å². The Morgan fingerprint density at radius 2 is 1.61 bits per heavy atom. The number of rotatable bonds is 2. The van der Waals surface area contributed by atoms with Crippen LogP contribution in [0, 0.1) is 0 Å². The maximum absolute atomic E-state index is 12.4. The van der Waals surface area contributed by atoms with Crippen molar-refractivity contribution in [1.29, 1.82) is 0 Å². The summed E-state index contributed by atoms with van der Waals surface area (Å²) in [5.41, 5.74) is 2.16. The number of aromatic nitrogens is 2. The first-order valence-corrected chi connectivity index (χ1v) is 7.59. The van der Waals surface area contributed by atoms with E-state index in [0.29, 0.717) is 38.0 Å². The predicted octanol–water partition coefficient (Wildman–Crippen LogP) is 3.67. The van der Waals surface area contributed by atoms with Gasteiger partial charge in [-0.25, -0.2) is 4.98 Å². The van der Waals surface area contributed by atoms with E-state index in [1.807, 2.05) is 0 Å². The highest BCUT2D eigenvalue weighted by Crippen LogP contribution is 2.28. The van der Waals surface area contributed by atoms with Gasteiger partial charge in [-0.15, -0.1) is 0 Å². The lowest BCUT2D eigenvalue weighted by atomic mass is 10.1. The molecule has 0 atom stereocenters. The van der Waals surface area contributed by atoms with E-state index in [0.717, 1.165) is 0 Å². The number of carbonyl (C=O) groups excluding carboxylic acids is 2. The lowest BCUT2D eigenvalue weighted by molar-refractivity contribution is 0.0638. The maximum atomic E-state index is 12.4. The number of fused-ring (bicyclic) bond motifs is 2. The summed E-state index contributed by atoms with van der Waals surface area (Å²) in [5, 5.41) is 0.813. The third kappa shape index (κ3) is 2.20. The number of nitrogens with one attached hydrogen (secondary N) is 1. The molecule has 5 nitrogen and oxygen atoms in total. The maximum Gasteiger partial charge on any atom is 0.261 e. The second-order valence-corrected chi connectivity index (χ2v) is 6.02. The average molecular weight is 346 g/mol. The largest absolute Gasteiger partial charge is 0.340 e. The number of imidazole rings is 1. The smallest absolute Gasteiger partial charge is 0.261 e. The molecule has 0 saturated carbocycles. The van der Waals surface area contributed by atoms with E-state index in [-0.39, 0.29) is 18.4 Å². The van der Waals surface area contributed by atoms with Crippen molar-refractivity contribution in [3.8, 4) is 0 Å². The van der Waals surface area contributed by atoms with Crippen LogP contribution >= 0.6 is 23.2 Å². The molecule has 0 spiro atoms. The summed E-state index contributed by atoms with van der Waals surface area (Å²) in [6.07, 6.45) is 0. The molecule has 2 heterocycles. The number of H-pyrrole nitrogens is 1. The highest BCUT2D eigenvalue weighted by Gasteiger charge is 2.35. The molecule has 1 aromatic heterocycles. The molecule has 0 saturated heterocycles. The predicted molar refractivity (Wildman–Crippen MR) is 86.8 cm³/mol. The van der Waals surface area contributed by atoms with E-state index in [9.17, 15) is 9.59 Å². The SMILES string of the molecule is O=C1c2ccccc2C(=O)N1Cc1nc2cc(Cl)c(Cl)cc2[nH]1. The minimum absolute atomic E-state index is 0.0657. The number of hydrogen-bond donors (Lipinski definition) is 1. The van der Waals surface area contributed by atoms with Gasteiger partial charge in [-0.1, -0.05) is 35.3 Å².